The van der Waals surface area contributed by atoms with Crippen LogP contribution in [-0.2, 0) is 14.8 Å². The Morgan fingerprint density at radius 1 is 0.838 bits per heavy atom. The van der Waals surface area contributed by atoms with Crippen LogP contribution >= 0.6 is 11.8 Å². The molecule has 1 atom stereocenters. The molecule has 1 N–H and O–H groups in total. The molecule has 4 rings (SSSR count). The first-order valence-electron chi connectivity index (χ1n) is 11.9. The van der Waals surface area contributed by atoms with Gasteiger partial charge in [0.15, 0.2) is 0 Å². The molecule has 0 aliphatic carbocycles. The standard InChI is InChI=1S/C30H30N2O3S2/c1-22-13-15-25(16-14-22)32(37(34,35)27-19-17-26(36-3)18-20-27)21-29(33)31-30(24-10-5-4-6-11-24)28-12-8-7-9-23(28)2/h4-20,30H,21H2,1-3H3,(H,31,33)/t30-/m0/s1. The summed E-state index contributed by atoms with van der Waals surface area (Å²) in [5, 5.41) is 3.10. The maximum absolute atomic E-state index is 13.8. The second-order valence-electron chi connectivity index (χ2n) is 8.79. The van der Waals surface area contributed by atoms with Crippen molar-refractivity contribution in [3.8, 4) is 0 Å². The smallest absolute Gasteiger partial charge is 0.264 e. The van der Waals surface area contributed by atoms with E-state index in [4.69, 9.17) is 0 Å². The molecule has 5 nitrogen and oxygen atoms in total. The molecule has 1 amide bonds. The van der Waals surface area contributed by atoms with Gasteiger partial charge in [-0.05, 0) is 73.2 Å². The molecular weight excluding hydrogens is 500 g/mol. The Labute approximate surface area is 223 Å². The van der Waals surface area contributed by atoms with Crippen molar-refractivity contribution in [2.75, 3.05) is 17.1 Å². The molecule has 0 spiro atoms. The van der Waals surface area contributed by atoms with E-state index in [1.54, 1.807) is 36.4 Å². The molecule has 0 aliphatic rings. The number of sulfonamides is 1. The van der Waals surface area contributed by atoms with Gasteiger partial charge in [-0.15, -0.1) is 11.8 Å². The number of carbonyl (C=O) groups excluding carboxylic acids is 1. The van der Waals surface area contributed by atoms with Crippen LogP contribution in [0.2, 0.25) is 0 Å². The molecule has 0 saturated heterocycles. The fourth-order valence-corrected chi connectivity index (χ4v) is 5.96. The van der Waals surface area contributed by atoms with Gasteiger partial charge in [0, 0.05) is 4.90 Å². The number of hydrogen-bond donors (Lipinski definition) is 1. The zero-order valence-electron chi connectivity index (χ0n) is 21.1. The first kappa shape index (κ1) is 26.5. The highest BCUT2D eigenvalue weighted by atomic mass is 32.2. The average molecular weight is 531 g/mol. The minimum atomic E-state index is -4.00. The van der Waals surface area contributed by atoms with Gasteiger partial charge >= 0.3 is 0 Å². The van der Waals surface area contributed by atoms with Gasteiger partial charge in [-0.25, -0.2) is 8.42 Å². The van der Waals surface area contributed by atoms with Gasteiger partial charge in [-0.3, -0.25) is 9.10 Å². The van der Waals surface area contributed by atoms with E-state index in [9.17, 15) is 13.2 Å². The molecule has 4 aromatic rings. The summed E-state index contributed by atoms with van der Waals surface area (Å²) in [4.78, 5) is 14.6. The Hall–Kier alpha value is -3.55. The Bertz CT molecular complexity index is 1450. The highest BCUT2D eigenvalue weighted by molar-refractivity contribution is 7.98. The van der Waals surface area contributed by atoms with Gasteiger partial charge in [0.1, 0.15) is 6.54 Å². The average Bonchev–Trinajstić information content (AvgIpc) is 2.92. The molecular formula is C30H30N2O3S2. The molecule has 0 saturated carbocycles. The topological polar surface area (TPSA) is 66.5 Å². The van der Waals surface area contributed by atoms with E-state index in [0.29, 0.717) is 5.69 Å². The molecule has 0 aromatic heterocycles. The van der Waals surface area contributed by atoms with Crippen molar-refractivity contribution in [2.45, 2.75) is 29.7 Å². The first-order chi connectivity index (χ1) is 17.8. The normalized spacial score (nSPS) is 12.1. The van der Waals surface area contributed by atoms with Crippen LogP contribution in [0.15, 0.2) is 113 Å². The zero-order valence-corrected chi connectivity index (χ0v) is 22.7. The maximum Gasteiger partial charge on any atom is 0.264 e. The van der Waals surface area contributed by atoms with Crippen molar-refractivity contribution in [2.24, 2.45) is 0 Å². The third-order valence-corrected chi connectivity index (χ3v) is 8.73. The highest BCUT2D eigenvalue weighted by Gasteiger charge is 2.28. The van der Waals surface area contributed by atoms with E-state index < -0.39 is 22.0 Å². The quantitative estimate of drug-likeness (QED) is 0.265. The summed E-state index contributed by atoms with van der Waals surface area (Å²) >= 11 is 1.54. The fraction of sp³-hybridized carbons (Fsp3) is 0.167. The molecule has 0 fully saturated rings. The van der Waals surface area contributed by atoms with Gasteiger partial charge in [-0.2, -0.15) is 0 Å². The molecule has 0 radical (unpaired) electrons. The molecule has 4 aromatic carbocycles. The summed E-state index contributed by atoms with van der Waals surface area (Å²) < 4.78 is 28.7. The van der Waals surface area contributed by atoms with Gasteiger partial charge < -0.3 is 5.32 Å². The summed E-state index contributed by atoms with van der Waals surface area (Å²) in [6, 6.07) is 31.0. The van der Waals surface area contributed by atoms with Crippen LogP contribution < -0.4 is 9.62 Å². The van der Waals surface area contributed by atoms with E-state index in [-0.39, 0.29) is 11.4 Å². The molecule has 0 heterocycles. The molecule has 0 bridgehead atoms. The number of rotatable bonds is 9. The van der Waals surface area contributed by atoms with Crippen LogP contribution in [0.5, 0.6) is 0 Å². The highest BCUT2D eigenvalue weighted by Crippen LogP contribution is 2.28. The third-order valence-electron chi connectivity index (χ3n) is 6.19. The van der Waals surface area contributed by atoms with E-state index in [2.05, 4.69) is 5.32 Å². The summed E-state index contributed by atoms with van der Waals surface area (Å²) in [5.41, 5.74) is 4.34. The molecule has 0 aliphatic heterocycles. The van der Waals surface area contributed by atoms with Gasteiger partial charge in [-0.1, -0.05) is 72.3 Å². The molecule has 190 valence electrons. The number of thioether (sulfide) groups is 1. The minimum absolute atomic E-state index is 0.136. The van der Waals surface area contributed by atoms with Crippen molar-refractivity contribution < 1.29 is 13.2 Å². The largest absolute Gasteiger partial charge is 0.344 e. The number of hydrogen-bond acceptors (Lipinski definition) is 4. The van der Waals surface area contributed by atoms with Crippen molar-refractivity contribution in [1.29, 1.82) is 0 Å². The molecule has 7 heteroatoms. The lowest BCUT2D eigenvalue weighted by Crippen LogP contribution is -2.42. The lowest BCUT2D eigenvalue weighted by molar-refractivity contribution is -0.120. The monoisotopic (exact) mass is 530 g/mol. The van der Waals surface area contributed by atoms with Crippen LogP contribution in [0.1, 0.15) is 28.3 Å². The Balaban J connectivity index is 1.69. The van der Waals surface area contributed by atoms with Gasteiger partial charge in [0.05, 0.1) is 16.6 Å². The van der Waals surface area contributed by atoms with Crippen LogP contribution in [0.4, 0.5) is 5.69 Å². The van der Waals surface area contributed by atoms with E-state index in [1.165, 1.54) is 16.1 Å². The molecule has 37 heavy (non-hydrogen) atoms. The number of aryl methyl sites for hydroxylation is 2. The predicted molar refractivity (Wildman–Crippen MR) is 152 cm³/mol. The summed E-state index contributed by atoms with van der Waals surface area (Å²) in [7, 11) is -4.00. The summed E-state index contributed by atoms with van der Waals surface area (Å²) in [6.07, 6.45) is 1.93. The number of amides is 1. The number of nitrogens with zero attached hydrogens (tertiary/aromatic N) is 1. The van der Waals surface area contributed by atoms with Crippen molar-refractivity contribution in [3.63, 3.8) is 0 Å². The predicted octanol–water partition coefficient (Wildman–Crippen LogP) is 6.13. The van der Waals surface area contributed by atoms with E-state index >= 15 is 0 Å². The lowest BCUT2D eigenvalue weighted by atomic mass is 9.95. The Morgan fingerprint density at radius 2 is 1.46 bits per heavy atom. The van der Waals surface area contributed by atoms with Crippen molar-refractivity contribution in [3.05, 3.63) is 125 Å². The second kappa shape index (κ2) is 11.7. The van der Waals surface area contributed by atoms with Crippen LogP contribution in [0, 0.1) is 13.8 Å². The first-order valence-corrected chi connectivity index (χ1v) is 14.6. The molecule has 0 unspecified atom stereocenters. The number of benzene rings is 4. The number of carbonyl (C=O) groups is 1. The van der Waals surface area contributed by atoms with Crippen molar-refractivity contribution in [1.82, 2.24) is 5.32 Å². The van der Waals surface area contributed by atoms with Crippen LogP contribution in [0.25, 0.3) is 0 Å². The number of nitrogens with one attached hydrogen (secondary N) is 1. The zero-order chi connectivity index (χ0) is 26.4. The minimum Gasteiger partial charge on any atom is -0.344 e. The maximum atomic E-state index is 13.8. The second-order valence-corrected chi connectivity index (χ2v) is 11.5. The lowest BCUT2D eigenvalue weighted by Gasteiger charge is -2.27. The SMILES string of the molecule is CSc1ccc(S(=O)(=O)N(CC(=O)N[C@@H](c2ccccc2)c2ccccc2C)c2ccc(C)cc2)cc1. The van der Waals surface area contributed by atoms with Gasteiger partial charge in [0.25, 0.3) is 10.0 Å². The van der Waals surface area contributed by atoms with E-state index in [1.807, 2.05) is 86.8 Å². The Morgan fingerprint density at radius 3 is 2.08 bits per heavy atom. The van der Waals surface area contributed by atoms with Gasteiger partial charge in [0.2, 0.25) is 5.91 Å². The summed E-state index contributed by atoms with van der Waals surface area (Å²) in [6.45, 7) is 3.58. The van der Waals surface area contributed by atoms with E-state index in [0.717, 1.165) is 27.1 Å². The van der Waals surface area contributed by atoms with Crippen molar-refractivity contribution >= 4 is 33.4 Å². The third kappa shape index (κ3) is 6.24. The fourth-order valence-electron chi connectivity index (χ4n) is 4.13. The van der Waals surface area contributed by atoms with Crippen LogP contribution in [0.3, 0.4) is 0 Å². The summed E-state index contributed by atoms with van der Waals surface area (Å²) in [5.74, 6) is -0.401. The van der Waals surface area contributed by atoms with Crippen LogP contribution in [-0.4, -0.2) is 27.1 Å². The Kier molecular flexibility index (Phi) is 8.36. The number of anilines is 1.